The van der Waals surface area contributed by atoms with Crippen LogP contribution in [-0.2, 0) is 25.6 Å². The Bertz CT molecular complexity index is 842. The molecular weight excluding hydrogens is 451 g/mol. The maximum Gasteiger partial charge on any atom is 0.326 e. The minimum Gasteiger partial charge on any atom is -0.480 e. The molecule has 2 atom stereocenters. The van der Waals surface area contributed by atoms with Crippen molar-refractivity contribution in [3.8, 4) is 0 Å². The third-order valence-electron chi connectivity index (χ3n) is 4.10. The van der Waals surface area contributed by atoms with Gasteiger partial charge in [-0.2, -0.15) is 0 Å². The smallest absolute Gasteiger partial charge is 0.326 e. The molecule has 12 heteroatoms. The Balaban J connectivity index is 2.53. The predicted octanol–water partition coefficient (Wildman–Crippen LogP) is 1.07. The number of guanidine groups is 1. The van der Waals surface area contributed by atoms with Crippen molar-refractivity contribution < 1.29 is 29.4 Å². The van der Waals surface area contributed by atoms with E-state index in [0.29, 0.717) is 5.56 Å². The molecule has 0 radical (unpaired) electrons. The van der Waals surface area contributed by atoms with Gasteiger partial charge >= 0.3 is 5.97 Å². The van der Waals surface area contributed by atoms with Crippen LogP contribution in [0.2, 0.25) is 10.0 Å². The van der Waals surface area contributed by atoms with E-state index in [0.717, 1.165) is 0 Å². The molecule has 0 heterocycles. The number of hydrogen-bond donors (Lipinski definition) is 6. The lowest BCUT2D eigenvalue weighted by molar-refractivity contribution is -0.144. The van der Waals surface area contributed by atoms with E-state index in [4.69, 9.17) is 28.6 Å². The van der Waals surface area contributed by atoms with Gasteiger partial charge < -0.3 is 15.5 Å². The first kappa shape index (κ1) is 26.3. The predicted molar refractivity (Wildman–Crippen MR) is 114 cm³/mol. The molecule has 1 aromatic carbocycles. The number of carboxylic acid groups (broad SMARTS) is 1. The second-order valence-corrected chi connectivity index (χ2v) is 7.79. The largest absolute Gasteiger partial charge is 0.480 e. The van der Waals surface area contributed by atoms with Crippen molar-refractivity contribution in [3.05, 3.63) is 33.8 Å². The molecule has 6 N–H and O–H groups in total. The molecule has 3 amide bonds. The van der Waals surface area contributed by atoms with Gasteiger partial charge in [0.25, 0.3) is 0 Å². The average Bonchev–Trinajstić information content (AvgIpc) is 2.66. The van der Waals surface area contributed by atoms with Crippen LogP contribution in [0.1, 0.15) is 32.3 Å². The lowest BCUT2D eigenvalue weighted by Gasteiger charge is -2.19. The molecule has 0 saturated carbocycles. The molecular formula is C19H24Cl2N4O6. The van der Waals surface area contributed by atoms with E-state index < -0.39 is 47.7 Å². The summed E-state index contributed by atoms with van der Waals surface area (Å²) in [6.45, 7) is 3.18. The molecule has 0 unspecified atom stereocenters. The lowest BCUT2D eigenvalue weighted by Crippen LogP contribution is -2.48. The SMILES string of the molecule is CC(C)[C@H](O)C(=O)N[C@@H](CCC(=O)NC(=N)NC(=O)Cc1c(Cl)cccc1Cl)C(=O)O. The van der Waals surface area contributed by atoms with Gasteiger partial charge in [0.2, 0.25) is 23.7 Å². The fourth-order valence-electron chi connectivity index (χ4n) is 2.37. The number of amides is 3. The average molecular weight is 475 g/mol. The number of rotatable bonds is 9. The minimum atomic E-state index is -1.40. The summed E-state index contributed by atoms with van der Waals surface area (Å²) < 4.78 is 0. The highest BCUT2D eigenvalue weighted by molar-refractivity contribution is 6.36. The molecule has 31 heavy (non-hydrogen) atoms. The van der Waals surface area contributed by atoms with Crippen molar-refractivity contribution in [3.63, 3.8) is 0 Å². The van der Waals surface area contributed by atoms with Crippen LogP contribution in [0.5, 0.6) is 0 Å². The van der Waals surface area contributed by atoms with Gasteiger partial charge in [0.05, 0.1) is 6.42 Å². The summed E-state index contributed by atoms with van der Waals surface area (Å²) >= 11 is 12.0. The summed E-state index contributed by atoms with van der Waals surface area (Å²) in [6, 6.07) is 3.32. The van der Waals surface area contributed by atoms with Gasteiger partial charge in [-0.15, -0.1) is 0 Å². The molecule has 1 aromatic rings. The van der Waals surface area contributed by atoms with E-state index in [1.54, 1.807) is 32.0 Å². The van der Waals surface area contributed by atoms with Crippen LogP contribution in [0, 0.1) is 11.3 Å². The molecule has 0 aliphatic carbocycles. The number of aliphatic hydroxyl groups excluding tert-OH is 1. The van der Waals surface area contributed by atoms with E-state index in [2.05, 4.69) is 16.0 Å². The summed E-state index contributed by atoms with van der Waals surface area (Å²) in [6.07, 6.45) is -2.24. The van der Waals surface area contributed by atoms with Gasteiger partial charge in [-0.3, -0.25) is 30.4 Å². The van der Waals surface area contributed by atoms with Gasteiger partial charge in [-0.1, -0.05) is 43.1 Å². The van der Waals surface area contributed by atoms with Gasteiger partial charge in [0.1, 0.15) is 12.1 Å². The quantitative estimate of drug-likeness (QED) is 0.231. The highest BCUT2D eigenvalue weighted by Crippen LogP contribution is 2.24. The van der Waals surface area contributed by atoms with Gasteiger partial charge in [-0.25, -0.2) is 4.79 Å². The van der Waals surface area contributed by atoms with Gasteiger partial charge in [0, 0.05) is 16.5 Å². The molecule has 10 nitrogen and oxygen atoms in total. The van der Waals surface area contributed by atoms with Crippen molar-refractivity contribution in [2.24, 2.45) is 5.92 Å². The van der Waals surface area contributed by atoms with Crippen molar-refractivity contribution in [2.45, 2.75) is 45.3 Å². The van der Waals surface area contributed by atoms with Crippen LogP contribution in [0.4, 0.5) is 0 Å². The summed E-state index contributed by atoms with van der Waals surface area (Å²) in [5.41, 5.74) is 0.367. The number of benzene rings is 1. The Kier molecular flexibility index (Phi) is 10.4. The van der Waals surface area contributed by atoms with E-state index in [1.807, 2.05) is 0 Å². The number of aliphatic carboxylic acids is 1. The summed E-state index contributed by atoms with van der Waals surface area (Å²) in [7, 11) is 0. The second-order valence-electron chi connectivity index (χ2n) is 6.98. The molecule has 0 fully saturated rings. The summed E-state index contributed by atoms with van der Waals surface area (Å²) in [5, 5.41) is 33.5. The maximum atomic E-state index is 12.0. The van der Waals surface area contributed by atoms with Crippen molar-refractivity contribution >= 4 is 52.9 Å². The van der Waals surface area contributed by atoms with E-state index in [9.17, 15) is 29.4 Å². The first-order valence-corrected chi connectivity index (χ1v) is 10.00. The number of carbonyl (C=O) groups excluding carboxylic acids is 3. The van der Waals surface area contributed by atoms with Crippen molar-refractivity contribution in [2.75, 3.05) is 0 Å². The molecule has 1 rings (SSSR count). The number of aliphatic hydroxyl groups is 1. The van der Waals surface area contributed by atoms with Crippen LogP contribution >= 0.6 is 23.2 Å². The molecule has 0 saturated heterocycles. The van der Waals surface area contributed by atoms with Crippen LogP contribution in [0.15, 0.2) is 18.2 Å². The number of carboxylic acids is 1. The fraction of sp³-hybridized carbons (Fsp3) is 0.421. The Morgan fingerprint density at radius 3 is 2.13 bits per heavy atom. The molecule has 0 aliphatic rings. The first-order chi connectivity index (χ1) is 14.4. The zero-order valence-corrected chi connectivity index (χ0v) is 18.4. The van der Waals surface area contributed by atoms with E-state index in [1.165, 1.54) is 0 Å². The normalized spacial score (nSPS) is 12.6. The second kappa shape index (κ2) is 12.2. The van der Waals surface area contributed by atoms with E-state index in [-0.39, 0.29) is 29.3 Å². The van der Waals surface area contributed by atoms with Crippen LogP contribution < -0.4 is 16.0 Å². The number of nitrogens with one attached hydrogen (secondary N) is 4. The Hall–Kier alpha value is -2.69. The Morgan fingerprint density at radius 2 is 1.61 bits per heavy atom. The highest BCUT2D eigenvalue weighted by Gasteiger charge is 2.26. The Morgan fingerprint density at radius 1 is 1.06 bits per heavy atom. The topological polar surface area (TPSA) is 169 Å². The van der Waals surface area contributed by atoms with Gasteiger partial charge in [-0.05, 0) is 30.0 Å². The minimum absolute atomic E-state index is 0.220. The zero-order valence-electron chi connectivity index (χ0n) is 16.9. The summed E-state index contributed by atoms with van der Waals surface area (Å²) in [5.74, 6) is -4.64. The van der Waals surface area contributed by atoms with Crippen LogP contribution in [0.3, 0.4) is 0 Å². The zero-order chi connectivity index (χ0) is 23.7. The lowest BCUT2D eigenvalue weighted by atomic mass is 10.1. The molecule has 170 valence electrons. The Labute approximate surface area is 188 Å². The maximum absolute atomic E-state index is 12.0. The number of hydrogen-bond acceptors (Lipinski definition) is 6. The van der Waals surface area contributed by atoms with Gasteiger partial charge in [0.15, 0.2) is 0 Å². The van der Waals surface area contributed by atoms with E-state index >= 15 is 0 Å². The molecule has 0 aromatic heterocycles. The summed E-state index contributed by atoms with van der Waals surface area (Å²) in [4.78, 5) is 47.1. The van der Waals surface area contributed by atoms with Crippen LogP contribution in [0.25, 0.3) is 0 Å². The first-order valence-electron chi connectivity index (χ1n) is 9.24. The highest BCUT2D eigenvalue weighted by atomic mass is 35.5. The molecule has 0 bridgehead atoms. The van der Waals surface area contributed by atoms with Crippen molar-refractivity contribution in [1.82, 2.24) is 16.0 Å². The fourth-order valence-corrected chi connectivity index (χ4v) is 2.90. The molecule has 0 aliphatic heterocycles. The standard InChI is InChI=1S/C19H24Cl2N4O6/c1-9(2)16(28)17(29)23-13(18(30)31)6-7-14(26)24-19(22)25-15(27)8-10-11(20)4-3-5-12(10)21/h3-5,9,13,16,28H,6-8H2,1-2H3,(H,23,29)(H,30,31)(H3,22,24,25,26,27)/t13-,16-/m0/s1. The van der Waals surface area contributed by atoms with Crippen molar-refractivity contribution in [1.29, 1.82) is 5.41 Å². The van der Waals surface area contributed by atoms with Crippen LogP contribution in [-0.4, -0.2) is 52.0 Å². The molecule has 0 spiro atoms. The third-order valence-corrected chi connectivity index (χ3v) is 4.81. The number of halogens is 2. The monoisotopic (exact) mass is 474 g/mol. The number of carbonyl (C=O) groups is 4. The third kappa shape index (κ3) is 8.91.